The van der Waals surface area contributed by atoms with Crippen LogP contribution in [0.1, 0.15) is 54.9 Å². The molecule has 33 heavy (non-hydrogen) atoms. The molecule has 0 saturated carbocycles. The van der Waals surface area contributed by atoms with Gasteiger partial charge < -0.3 is 18.6 Å². The number of nitrogens with zero attached hydrogens (tertiary/aromatic N) is 1. The average molecular weight is 522 g/mol. The summed E-state index contributed by atoms with van der Waals surface area (Å²) in [6.07, 6.45) is -0.369. The lowest BCUT2D eigenvalue weighted by molar-refractivity contribution is -0.213. The Hall–Kier alpha value is -0.103. The molecule has 0 N–H and O–H groups in total. The second-order valence-electron chi connectivity index (χ2n) is 11.2. The van der Waals surface area contributed by atoms with Crippen LogP contribution in [0, 0.1) is 17.8 Å². The fraction of sp³-hybridized carbons (Fsp3) is 0.913. The second kappa shape index (κ2) is 11.3. The van der Waals surface area contributed by atoms with Gasteiger partial charge in [-0.05, 0) is 38.8 Å². The van der Waals surface area contributed by atoms with Gasteiger partial charge in [-0.2, -0.15) is 0 Å². The third kappa shape index (κ3) is 6.57. The summed E-state index contributed by atoms with van der Waals surface area (Å²) in [6.45, 7) is 22.1. The molecule has 192 valence electrons. The molecule has 3 unspecified atom stereocenters. The van der Waals surface area contributed by atoms with Crippen LogP contribution in [0.25, 0.3) is 0 Å². The smallest absolute Gasteiger partial charge is 0.416 e. The topological polar surface area (TPSA) is 74.3 Å². The van der Waals surface area contributed by atoms with E-state index in [1.165, 1.54) is 4.90 Å². The van der Waals surface area contributed by atoms with Crippen molar-refractivity contribution >= 4 is 36.9 Å². The molecule has 7 nitrogen and oxygen atoms in total. The van der Waals surface area contributed by atoms with E-state index < -0.39 is 27.9 Å². The van der Waals surface area contributed by atoms with Crippen LogP contribution in [0.5, 0.6) is 0 Å². The fourth-order valence-electron chi connectivity index (χ4n) is 4.25. The van der Waals surface area contributed by atoms with Crippen LogP contribution in [0.2, 0.25) is 18.1 Å². The Labute approximate surface area is 205 Å². The van der Waals surface area contributed by atoms with E-state index in [1.807, 2.05) is 13.8 Å². The van der Waals surface area contributed by atoms with Crippen LogP contribution >= 0.6 is 16.5 Å². The Morgan fingerprint density at radius 1 is 1.30 bits per heavy atom. The number of carbonyl (C=O) groups is 2. The van der Waals surface area contributed by atoms with Crippen molar-refractivity contribution in [2.45, 2.75) is 97.3 Å². The van der Waals surface area contributed by atoms with Crippen molar-refractivity contribution in [2.75, 3.05) is 19.9 Å². The standard InChI is InChI=1S/C23H45NO6P2Si/c1-11-17-13-27-21(26)24(17)20(25)16(4)19(30-33(9,10)23(5,6)7)15(3)18-14(2)12-28-22(29-18)32(8)31/h14-19,22H,11-13,31H2,1-10H3/t14-,15+,16+,17+,18-,19-,22?,32?/m0/s1. The summed E-state index contributed by atoms with van der Waals surface area (Å²) in [5.74, 6) is -0.618. The maximum absolute atomic E-state index is 13.6. The molecule has 0 aromatic carbocycles. The number of ether oxygens (including phenoxy) is 3. The van der Waals surface area contributed by atoms with Gasteiger partial charge in [0.05, 0.1) is 30.8 Å². The summed E-state index contributed by atoms with van der Waals surface area (Å²) >= 11 is 0. The van der Waals surface area contributed by atoms with Crippen molar-refractivity contribution in [3.05, 3.63) is 0 Å². The summed E-state index contributed by atoms with van der Waals surface area (Å²) in [5, 5.41) is -0.0191. The molecule has 0 bridgehead atoms. The van der Waals surface area contributed by atoms with Crippen molar-refractivity contribution in [3.63, 3.8) is 0 Å². The average Bonchev–Trinajstić information content (AvgIpc) is 3.10. The van der Waals surface area contributed by atoms with Gasteiger partial charge in [0.2, 0.25) is 5.91 Å². The molecule has 0 spiro atoms. The summed E-state index contributed by atoms with van der Waals surface area (Å²) in [5.41, 5.74) is 0. The third-order valence-corrected chi connectivity index (χ3v) is 13.6. The van der Waals surface area contributed by atoms with E-state index in [0.29, 0.717) is 13.0 Å². The molecule has 2 aliphatic rings. The number of hydrogen-bond donors (Lipinski definition) is 0. The maximum Gasteiger partial charge on any atom is 0.416 e. The van der Waals surface area contributed by atoms with Crippen molar-refractivity contribution in [2.24, 2.45) is 17.8 Å². The number of carbonyl (C=O) groups excluding carboxylic acids is 2. The zero-order valence-electron chi connectivity index (χ0n) is 22.1. The van der Waals surface area contributed by atoms with Gasteiger partial charge in [0.15, 0.2) is 14.3 Å². The minimum Gasteiger partial charge on any atom is -0.447 e. The van der Waals surface area contributed by atoms with E-state index in [9.17, 15) is 9.59 Å². The molecule has 0 aromatic heterocycles. The Kier molecular flexibility index (Phi) is 9.98. The van der Waals surface area contributed by atoms with Crippen LogP contribution < -0.4 is 0 Å². The van der Waals surface area contributed by atoms with Gasteiger partial charge in [-0.1, -0.05) is 48.5 Å². The van der Waals surface area contributed by atoms with Gasteiger partial charge in [-0.15, -0.1) is 8.93 Å². The van der Waals surface area contributed by atoms with E-state index in [2.05, 4.69) is 63.3 Å². The quantitative estimate of drug-likeness (QED) is 0.304. The highest BCUT2D eigenvalue weighted by Crippen LogP contribution is 2.50. The summed E-state index contributed by atoms with van der Waals surface area (Å²) < 4.78 is 24.5. The zero-order chi connectivity index (χ0) is 25.3. The molecule has 2 heterocycles. The van der Waals surface area contributed by atoms with E-state index in [1.54, 1.807) is 0 Å². The van der Waals surface area contributed by atoms with Gasteiger partial charge in [-0.25, -0.2) is 9.69 Å². The maximum atomic E-state index is 13.6. The molecule has 0 aliphatic carbocycles. The van der Waals surface area contributed by atoms with Crippen LogP contribution in [0.4, 0.5) is 4.79 Å². The second-order valence-corrected chi connectivity index (χ2v) is 20.2. The molecule has 9 atom stereocenters. The minimum atomic E-state index is -2.22. The number of rotatable bonds is 8. The van der Waals surface area contributed by atoms with Crippen molar-refractivity contribution < 1.29 is 28.2 Å². The van der Waals surface area contributed by atoms with Crippen LogP contribution in [0.3, 0.4) is 0 Å². The Bertz CT molecular complexity index is 701. The van der Waals surface area contributed by atoms with Crippen LogP contribution in [0.15, 0.2) is 0 Å². The van der Waals surface area contributed by atoms with Gasteiger partial charge in [0, 0.05) is 11.8 Å². The molecule has 0 aromatic rings. The SMILES string of the molecule is CC[C@@H]1COC(=O)N1C(=O)[C@H](C)[C@@H](O[Si](C)(C)C(C)(C)C)[C@H](C)[C@H]1OC(P(C)P)OC[C@@H]1C. The number of cyclic esters (lactones) is 1. The van der Waals surface area contributed by atoms with E-state index in [4.69, 9.17) is 18.6 Å². The Morgan fingerprint density at radius 2 is 1.91 bits per heavy atom. The van der Waals surface area contributed by atoms with Crippen molar-refractivity contribution in [3.8, 4) is 0 Å². The molecule has 2 amide bonds. The molecule has 10 heteroatoms. The first-order valence-electron chi connectivity index (χ1n) is 12.0. The van der Waals surface area contributed by atoms with Gasteiger partial charge in [0.1, 0.15) is 6.61 Å². The third-order valence-electron chi connectivity index (χ3n) is 7.49. The largest absolute Gasteiger partial charge is 0.447 e. The first kappa shape index (κ1) is 29.1. The van der Waals surface area contributed by atoms with E-state index in [0.717, 1.165) is 0 Å². The highest BCUT2D eigenvalue weighted by Gasteiger charge is 2.49. The minimum absolute atomic E-state index is 0.0191. The van der Waals surface area contributed by atoms with E-state index in [-0.39, 0.29) is 53.7 Å². The monoisotopic (exact) mass is 521 g/mol. The van der Waals surface area contributed by atoms with Crippen molar-refractivity contribution in [1.82, 2.24) is 4.90 Å². The first-order chi connectivity index (χ1) is 15.1. The Morgan fingerprint density at radius 3 is 2.42 bits per heavy atom. The molecule has 2 aliphatic heterocycles. The zero-order valence-corrected chi connectivity index (χ0v) is 25.1. The molecule has 2 fully saturated rings. The Balaban J connectivity index is 2.38. The lowest BCUT2D eigenvalue weighted by atomic mass is 9.83. The first-order valence-corrected chi connectivity index (χ1v) is 18.4. The van der Waals surface area contributed by atoms with Crippen LogP contribution in [-0.4, -0.2) is 69.4 Å². The summed E-state index contributed by atoms with van der Waals surface area (Å²) in [6, 6.07) is -0.467. The fourth-order valence-corrected chi connectivity index (χ4v) is 6.83. The van der Waals surface area contributed by atoms with Gasteiger partial charge in [0.25, 0.3) is 0 Å². The molecular formula is C23H45NO6P2Si. The predicted octanol–water partition coefficient (Wildman–Crippen LogP) is 5.64. The molecule has 2 rings (SSSR count). The highest BCUT2D eigenvalue weighted by molar-refractivity contribution is 8.13. The molecular weight excluding hydrogens is 476 g/mol. The normalized spacial score (nSPS) is 30.5. The lowest BCUT2D eigenvalue weighted by Gasteiger charge is -2.47. The van der Waals surface area contributed by atoms with E-state index >= 15 is 0 Å². The number of imide groups is 1. The van der Waals surface area contributed by atoms with Gasteiger partial charge >= 0.3 is 6.09 Å². The lowest BCUT2D eigenvalue weighted by Crippen LogP contribution is -2.55. The molecule has 2 saturated heterocycles. The molecule has 0 radical (unpaired) electrons. The van der Waals surface area contributed by atoms with Crippen LogP contribution in [-0.2, 0) is 23.4 Å². The highest BCUT2D eigenvalue weighted by atomic mass is 32.0. The van der Waals surface area contributed by atoms with Crippen molar-refractivity contribution in [1.29, 1.82) is 0 Å². The number of amides is 2. The number of hydrogen-bond acceptors (Lipinski definition) is 6. The summed E-state index contributed by atoms with van der Waals surface area (Å²) in [4.78, 5) is 27.4. The van der Waals surface area contributed by atoms with Gasteiger partial charge in [-0.3, -0.25) is 4.79 Å². The predicted molar refractivity (Wildman–Crippen MR) is 139 cm³/mol. The summed E-state index contributed by atoms with van der Waals surface area (Å²) in [7, 11) is 0.0938.